The van der Waals surface area contributed by atoms with Crippen LogP contribution in [0.15, 0.2) is 23.1 Å². The number of rotatable bonds is 2. The first kappa shape index (κ1) is 13.2. The van der Waals surface area contributed by atoms with Crippen LogP contribution in [0.1, 0.15) is 24.9 Å². The second-order valence-electron chi connectivity index (χ2n) is 4.00. The third kappa shape index (κ3) is 3.18. The predicted octanol–water partition coefficient (Wildman–Crippen LogP) is 3.78. The molecule has 2 nitrogen and oxygen atoms in total. The topological polar surface area (TPSA) is 29.1 Å². The lowest BCUT2D eigenvalue weighted by atomic mass is 10.0. The molecule has 2 rings (SSSR count). The van der Waals surface area contributed by atoms with Crippen LogP contribution in [0.5, 0.6) is 0 Å². The second kappa shape index (κ2) is 5.63. The van der Waals surface area contributed by atoms with Crippen LogP contribution < -0.4 is 5.32 Å². The first-order valence-electron chi connectivity index (χ1n) is 5.44. The lowest BCUT2D eigenvalue weighted by molar-refractivity contribution is -0.120. The first-order valence-corrected chi connectivity index (χ1v) is 7.72. The van der Waals surface area contributed by atoms with Crippen LogP contribution >= 0.6 is 39.3 Å². The highest BCUT2D eigenvalue weighted by Crippen LogP contribution is 2.37. The summed E-state index contributed by atoms with van der Waals surface area (Å²) in [6.45, 7) is 1.83. The minimum atomic E-state index is -0.167. The first-order chi connectivity index (χ1) is 8.08. The van der Waals surface area contributed by atoms with E-state index < -0.39 is 0 Å². The fraction of sp³-hybridized carbons (Fsp3) is 0.417. The van der Waals surface area contributed by atoms with Gasteiger partial charge in [0.1, 0.15) is 0 Å². The van der Waals surface area contributed by atoms with Gasteiger partial charge in [-0.2, -0.15) is 0 Å². The van der Waals surface area contributed by atoms with Gasteiger partial charge in [0, 0.05) is 15.7 Å². The number of halogens is 2. The third-order valence-electron chi connectivity index (χ3n) is 2.69. The Morgan fingerprint density at radius 2 is 2.41 bits per heavy atom. The summed E-state index contributed by atoms with van der Waals surface area (Å²) in [6, 6.07) is 5.95. The molecule has 1 aromatic rings. The molecule has 0 radical (unpaired) electrons. The van der Waals surface area contributed by atoms with E-state index in [0.29, 0.717) is 0 Å². The average molecular weight is 335 g/mol. The number of alkyl halides is 1. The molecule has 0 saturated carbocycles. The van der Waals surface area contributed by atoms with Gasteiger partial charge in [0.2, 0.25) is 5.91 Å². The molecule has 1 amide bonds. The molecule has 0 saturated heterocycles. The van der Waals surface area contributed by atoms with E-state index in [1.165, 1.54) is 4.90 Å². The SMILES string of the molecule is CC(Br)C(=O)NC1CCSc2ccc(Cl)cc21. The Morgan fingerprint density at radius 3 is 3.12 bits per heavy atom. The Bertz CT molecular complexity index is 439. The summed E-state index contributed by atoms with van der Waals surface area (Å²) in [4.78, 5) is 12.8. The average Bonchev–Trinajstić information content (AvgIpc) is 2.29. The van der Waals surface area contributed by atoms with Crippen molar-refractivity contribution >= 4 is 45.2 Å². The van der Waals surface area contributed by atoms with Gasteiger partial charge < -0.3 is 5.32 Å². The number of nitrogens with one attached hydrogen (secondary N) is 1. The Kier molecular flexibility index (Phi) is 4.39. The minimum Gasteiger partial charge on any atom is -0.348 e. The van der Waals surface area contributed by atoms with E-state index in [2.05, 4.69) is 21.2 Å². The van der Waals surface area contributed by atoms with Crippen LogP contribution in [0.25, 0.3) is 0 Å². The summed E-state index contributed by atoms with van der Waals surface area (Å²) < 4.78 is 0. The molecule has 0 aromatic heterocycles. The molecule has 0 bridgehead atoms. The summed E-state index contributed by atoms with van der Waals surface area (Å²) in [5.74, 6) is 1.05. The summed E-state index contributed by atoms with van der Waals surface area (Å²) in [7, 11) is 0. The Labute approximate surface area is 119 Å². The highest BCUT2D eigenvalue weighted by atomic mass is 79.9. The number of hydrogen-bond acceptors (Lipinski definition) is 2. The number of fused-ring (bicyclic) bond motifs is 1. The van der Waals surface area contributed by atoms with Crippen molar-refractivity contribution in [3.63, 3.8) is 0 Å². The van der Waals surface area contributed by atoms with Gasteiger partial charge in [-0.3, -0.25) is 4.79 Å². The lowest BCUT2D eigenvalue weighted by Gasteiger charge is -2.26. The molecule has 17 heavy (non-hydrogen) atoms. The monoisotopic (exact) mass is 333 g/mol. The number of carbonyl (C=O) groups excluding carboxylic acids is 1. The molecule has 2 atom stereocenters. The van der Waals surface area contributed by atoms with Crippen LogP contribution in [0, 0.1) is 0 Å². The van der Waals surface area contributed by atoms with Gasteiger partial charge in [-0.15, -0.1) is 11.8 Å². The quantitative estimate of drug-likeness (QED) is 0.834. The number of carbonyl (C=O) groups is 1. The normalized spacial score (nSPS) is 20.5. The van der Waals surface area contributed by atoms with Gasteiger partial charge in [0.05, 0.1) is 10.9 Å². The molecule has 1 heterocycles. The largest absolute Gasteiger partial charge is 0.348 e. The van der Waals surface area contributed by atoms with Gasteiger partial charge in [0.25, 0.3) is 0 Å². The molecule has 1 N–H and O–H groups in total. The lowest BCUT2D eigenvalue weighted by Crippen LogP contribution is -2.34. The van der Waals surface area contributed by atoms with Gasteiger partial charge >= 0.3 is 0 Å². The molecule has 0 fully saturated rings. The van der Waals surface area contributed by atoms with E-state index >= 15 is 0 Å². The molecule has 1 aliphatic rings. The molecule has 1 aliphatic heterocycles. The van der Waals surface area contributed by atoms with Crippen molar-refractivity contribution in [2.45, 2.75) is 29.1 Å². The van der Waals surface area contributed by atoms with Crippen molar-refractivity contribution < 1.29 is 4.79 Å². The zero-order valence-electron chi connectivity index (χ0n) is 9.37. The number of hydrogen-bond donors (Lipinski definition) is 1. The van der Waals surface area contributed by atoms with E-state index in [4.69, 9.17) is 11.6 Å². The van der Waals surface area contributed by atoms with Gasteiger partial charge in [-0.25, -0.2) is 0 Å². The van der Waals surface area contributed by atoms with E-state index in [1.54, 1.807) is 0 Å². The van der Waals surface area contributed by atoms with Gasteiger partial charge in [0.15, 0.2) is 0 Å². The smallest absolute Gasteiger partial charge is 0.233 e. The maximum absolute atomic E-state index is 11.7. The summed E-state index contributed by atoms with van der Waals surface area (Å²) in [5, 5.41) is 3.76. The molecule has 2 unspecified atom stereocenters. The summed E-state index contributed by atoms with van der Waals surface area (Å²) >= 11 is 11.1. The van der Waals surface area contributed by atoms with Crippen molar-refractivity contribution in [3.8, 4) is 0 Å². The summed E-state index contributed by atoms with van der Waals surface area (Å²) in [5.41, 5.74) is 1.13. The van der Waals surface area contributed by atoms with Crippen molar-refractivity contribution in [3.05, 3.63) is 28.8 Å². The Morgan fingerprint density at radius 1 is 1.65 bits per heavy atom. The van der Waals surface area contributed by atoms with Crippen LogP contribution in [-0.2, 0) is 4.79 Å². The van der Waals surface area contributed by atoms with Crippen molar-refractivity contribution in [1.29, 1.82) is 0 Å². The maximum atomic E-state index is 11.7. The number of benzene rings is 1. The highest BCUT2D eigenvalue weighted by molar-refractivity contribution is 9.10. The van der Waals surface area contributed by atoms with Crippen molar-refractivity contribution in [2.24, 2.45) is 0 Å². The molecular formula is C12H13BrClNOS. The maximum Gasteiger partial charge on any atom is 0.233 e. The standard InChI is InChI=1S/C12H13BrClNOS/c1-7(13)12(16)15-10-4-5-17-11-3-2-8(14)6-9(10)11/h2-3,6-7,10H,4-5H2,1H3,(H,15,16). The Hall–Kier alpha value is -0.190. The highest BCUT2D eigenvalue weighted by Gasteiger charge is 2.23. The van der Waals surface area contributed by atoms with Crippen LogP contribution in [0.3, 0.4) is 0 Å². The van der Waals surface area contributed by atoms with E-state index in [-0.39, 0.29) is 16.8 Å². The van der Waals surface area contributed by atoms with E-state index in [0.717, 1.165) is 22.8 Å². The van der Waals surface area contributed by atoms with Crippen LogP contribution in [0.4, 0.5) is 0 Å². The third-order valence-corrected chi connectivity index (χ3v) is 4.46. The van der Waals surface area contributed by atoms with E-state index in [9.17, 15) is 4.79 Å². The molecule has 0 spiro atoms. The molecule has 5 heteroatoms. The molecule has 1 aromatic carbocycles. The van der Waals surface area contributed by atoms with Crippen LogP contribution in [0.2, 0.25) is 5.02 Å². The molecule has 92 valence electrons. The zero-order valence-corrected chi connectivity index (χ0v) is 12.5. The second-order valence-corrected chi connectivity index (χ2v) is 6.94. The van der Waals surface area contributed by atoms with Gasteiger partial charge in [-0.05, 0) is 37.1 Å². The summed E-state index contributed by atoms with van der Waals surface area (Å²) in [6.07, 6.45) is 0.948. The number of thioether (sulfide) groups is 1. The Balaban J connectivity index is 2.22. The molecule has 0 aliphatic carbocycles. The fourth-order valence-electron chi connectivity index (χ4n) is 1.80. The fourth-order valence-corrected chi connectivity index (χ4v) is 3.22. The zero-order chi connectivity index (χ0) is 12.4. The minimum absolute atomic E-state index is 0.0211. The van der Waals surface area contributed by atoms with Gasteiger partial charge in [-0.1, -0.05) is 27.5 Å². The van der Waals surface area contributed by atoms with E-state index in [1.807, 2.05) is 36.9 Å². The van der Waals surface area contributed by atoms with Crippen molar-refractivity contribution in [1.82, 2.24) is 5.32 Å². The molecular weight excluding hydrogens is 322 g/mol. The van der Waals surface area contributed by atoms with Crippen molar-refractivity contribution in [2.75, 3.05) is 5.75 Å². The van der Waals surface area contributed by atoms with Crippen LogP contribution in [-0.4, -0.2) is 16.5 Å². The predicted molar refractivity (Wildman–Crippen MR) is 76.1 cm³/mol. The number of amides is 1.